The first-order valence-corrected chi connectivity index (χ1v) is 6.69. The monoisotopic (exact) mass is 285 g/mol. The lowest BCUT2D eigenvalue weighted by Gasteiger charge is -2.24. The molecule has 0 bridgehead atoms. The van der Waals surface area contributed by atoms with E-state index < -0.39 is 0 Å². The van der Waals surface area contributed by atoms with E-state index in [0.717, 1.165) is 17.9 Å². The van der Waals surface area contributed by atoms with Crippen molar-refractivity contribution in [3.63, 3.8) is 0 Å². The van der Waals surface area contributed by atoms with Crippen LogP contribution in [0.25, 0.3) is 0 Å². The molecular formula is C15H24ClNO2. The number of benzene rings is 1. The molecule has 1 aliphatic rings. The Balaban J connectivity index is 0.00000180. The molecule has 1 aromatic carbocycles. The predicted octanol–water partition coefficient (Wildman–Crippen LogP) is 3.15. The van der Waals surface area contributed by atoms with Crippen LogP contribution in [-0.2, 0) is 6.42 Å². The number of nitrogens with zero attached hydrogens (tertiary/aromatic N) is 1. The third-order valence-electron chi connectivity index (χ3n) is 3.74. The molecule has 19 heavy (non-hydrogen) atoms. The molecule has 2 rings (SSSR count). The number of rotatable bonds is 5. The molecule has 1 unspecified atom stereocenters. The molecule has 1 heterocycles. The van der Waals surface area contributed by atoms with E-state index >= 15 is 0 Å². The summed E-state index contributed by atoms with van der Waals surface area (Å²) in [6.07, 6.45) is 3.76. The van der Waals surface area contributed by atoms with Gasteiger partial charge in [0.15, 0.2) is 11.5 Å². The van der Waals surface area contributed by atoms with Gasteiger partial charge in [0.1, 0.15) is 0 Å². The lowest BCUT2D eigenvalue weighted by Crippen LogP contribution is -2.31. The summed E-state index contributed by atoms with van der Waals surface area (Å²) < 4.78 is 10.6. The van der Waals surface area contributed by atoms with Gasteiger partial charge in [-0.05, 0) is 57.0 Å². The second-order valence-electron chi connectivity index (χ2n) is 4.99. The Labute approximate surface area is 122 Å². The van der Waals surface area contributed by atoms with Crippen molar-refractivity contribution in [3.05, 3.63) is 23.8 Å². The Bertz CT molecular complexity index is 392. The Hall–Kier alpha value is -0.930. The molecule has 0 amide bonds. The number of hydrogen-bond acceptors (Lipinski definition) is 3. The first kappa shape index (κ1) is 16.1. The van der Waals surface area contributed by atoms with Crippen molar-refractivity contribution in [3.8, 4) is 11.5 Å². The van der Waals surface area contributed by atoms with Gasteiger partial charge in [-0.25, -0.2) is 0 Å². The maximum atomic E-state index is 5.35. The highest BCUT2D eigenvalue weighted by molar-refractivity contribution is 5.85. The van der Waals surface area contributed by atoms with Crippen LogP contribution in [0.4, 0.5) is 0 Å². The van der Waals surface area contributed by atoms with E-state index in [-0.39, 0.29) is 12.4 Å². The molecule has 4 heteroatoms. The zero-order valence-electron chi connectivity index (χ0n) is 12.0. The normalized spacial score (nSPS) is 16.8. The van der Waals surface area contributed by atoms with Crippen LogP contribution in [-0.4, -0.2) is 38.3 Å². The molecule has 0 N–H and O–H groups in total. The van der Waals surface area contributed by atoms with Crippen LogP contribution in [0.3, 0.4) is 0 Å². The molecule has 3 nitrogen and oxygen atoms in total. The topological polar surface area (TPSA) is 21.7 Å². The zero-order valence-corrected chi connectivity index (χ0v) is 12.8. The maximum absolute atomic E-state index is 5.35. The standard InChI is InChI=1S/C15H23NO2.ClH/c1-12(16-8-4-5-9-16)10-13-6-7-14(17-2)15(11-13)18-3;/h6-7,11-12H,4-5,8-10H2,1-3H3;1H. The summed E-state index contributed by atoms with van der Waals surface area (Å²) in [7, 11) is 3.36. The van der Waals surface area contributed by atoms with Crippen molar-refractivity contribution >= 4 is 12.4 Å². The van der Waals surface area contributed by atoms with E-state index in [0.29, 0.717) is 6.04 Å². The smallest absolute Gasteiger partial charge is 0.160 e. The molecule has 1 aromatic rings. The summed E-state index contributed by atoms with van der Waals surface area (Å²) in [5, 5.41) is 0. The molecular weight excluding hydrogens is 262 g/mol. The van der Waals surface area contributed by atoms with Crippen molar-refractivity contribution < 1.29 is 9.47 Å². The third-order valence-corrected chi connectivity index (χ3v) is 3.74. The van der Waals surface area contributed by atoms with Gasteiger partial charge in [-0.3, -0.25) is 0 Å². The lowest BCUT2D eigenvalue weighted by molar-refractivity contribution is 0.257. The van der Waals surface area contributed by atoms with Crippen molar-refractivity contribution in [1.29, 1.82) is 0 Å². The number of methoxy groups -OCH3 is 2. The van der Waals surface area contributed by atoms with Gasteiger partial charge in [-0.1, -0.05) is 6.07 Å². The summed E-state index contributed by atoms with van der Waals surface area (Å²) in [6.45, 7) is 4.80. The van der Waals surface area contributed by atoms with Crippen LogP contribution in [0.15, 0.2) is 18.2 Å². The summed E-state index contributed by atoms with van der Waals surface area (Å²) in [4.78, 5) is 2.57. The number of hydrogen-bond donors (Lipinski definition) is 0. The third kappa shape index (κ3) is 4.02. The van der Waals surface area contributed by atoms with Gasteiger partial charge in [0, 0.05) is 6.04 Å². The summed E-state index contributed by atoms with van der Waals surface area (Å²) in [5.41, 5.74) is 1.31. The predicted molar refractivity (Wildman–Crippen MR) is 80.8 cm³/mol. The molecule has 1 aliphatic heterocycles. The minimum Gasteiger partial charge on any atom is -0.493 e. The van der Waals surface area contributed by atoms with Gasteiger partial charge in [-0.15, -0.1) is 12.4 Å². The molecule has 0 spiro atoms. The Morgan fingerprint density at radius 1 is 1.11 bits per heavy atom. The van der Waals surface area contributed by atoms with Crippen LogP contribution in [0.2, 0.25) is 0 Å². The van der Waals surface area contributed by atoms with Crippen molar-refractivity contribution in [1.82, 2.24) is 4.90 Å². The van der Waals surface area contributed by atoms with Crippen LogP contribution in [0.5, 0.6) is 11.5 Å². The molecule has 108 valence electrons. The maximum Gasteiger partial charge on any atom is 0.160 e. The second kappa shape index (κ2) is 7.61. The van der Waals surface area contributed by atoms with E-state index in [1.54, 1.807) is 14.2 Å². The van der Waals surface area contributed by atoms with Gasteiger partial charge >= 0.3 is 0 Å². The van der Waals surface area contributed by atoms with E-state index in [2.05, 4.69) is 24.0 Å². The number of ether oxygens (including phenoxy) is 2. The van der Waals surface area contributed by atoms with Crippen LogP contribution in [0.1, 0.15) is 25.3 Å². The number of likely N-dealkylation sites (tertiary alicyclic amines) is 1. The van der Waals surface area contributed by atoms with E-state index in [1.807, 2.05) is 6.07 Å². The van der Waals surface area contributed by atoms with E-state index in [9.17, 15) is 0 Å². The van der Waals surface area contributed by atoms with Crippen molar-refractivity contribution in [2.75, 3.05) is 27.3 Å². The van der Waals surface area contributed by atoms with Crippen LogP contribution in [0, 0.1) is 0 Å². The first-order chi connectivity index (χ1) is 8.74. The molecule has 0 aliphatic carbocycles. The quantitative estimate of drug-likeness (QED) is 0.829. The molecule has 0 radical (unpaired) electrons. The minimum atomic E-state index is 0. The Kier molecular flexibility index (Phi) is 6.46. The largest absolute Gasteiger partial charge is 0.493 e. The lowest BCUT2D eigenvalue weighted by atomic mass is 10.1. The SMILES string of the molecule is COc1ccc(CC(C)N2CCCC2)cc1OC.Cl. The zero-order chi connectivity index (χ0) is 13.0. The first-order valence-electron chi connectivity index (χ1n) is 6.69. The van der Waals surface area contributed by atoms with Gasteiger partial charge < -0.3 is 14.4 Å². The molecule has 1 atom stereocenters. The fourth-order valence-electron chi connectivity index (χ4n) is 2.66. The average molecular weight is 286 g/mol. The minimum absolute atomic E-state index is 0. The summed E-state index contributed by atoms with van der Waals surface area (Å²) >= 11 is 0. The van der Waals surface area contributed by atoms with Crippen molar-refractivity contribution in [2.24, 2.45) is 0 Å². The fourth-order valence-corrected chi connectivity index (χ4v) is 2.66. The molecule has 0 aromatic heterocycles. The van der Waals surface area contributed by atoms with Gasteiger partial charge in [0.25, 0.3) is 0 Å². The fraction of sp³-hybridized carbons (Fsp3) is 0.600. The van der Waals surface area contributed by atoms with Crippen molar-refractivity contribution in [2.45, 2.75) is 32.2 Å². The summed E-state index contributed by atoms with van der Waals surface area (Å²) in [6, 6.07) is 6.81. The molecule has 1 saturated heterocycles. The van der Waals surface area contributed by atoms with Crippen LogP contribution < -0.4 is 9.47 Å². The van der Waals surface area contributed by atoms with Crippen LogP contribution >= 0.6 is 12.4 Å². The van der Waals surface area contributed by atoms with E-state index in [1.165, 1.54) is 31.5 Å². The highest BCUT2D eigenvalue weighted by Crippen LogP contribution is 2.28. The van der Waals surface area contributed by atoms with E-state index in [4.69, 9.17) is 9.47 Å². The van der Waals surface area contributed by atoms with Gasteiger partial charge in [0.2, 0.25) is 0 Å². The Morgan fingerprint density at radius 3 is 2.32 bits per heavy atom. The second-order valence-corrected chi connectivity index (χ2v) is 4.99. The van der Waals surface area contributed by atoms with Gasteiger partial charge in [0.05, 0.1) is 14.2 Å². The molecule has 0 saturated carbocycles. The summed E-state index contributed by atoms with van der Waals surface area (Å²) in [5.74, 6) is 1.62. The highest BCUT2D eigenvalue weighted by Gasteiger charge is 2.18. The Morgan fingerprint density at radius 2 is 1.74 bits per heavy atom. The number of halogens is 1. The average Bonchev–Trinajstić information content (AvgIpc) is 2.92. The molecule has 1 fully saturated rings. The van der Waals surface area contributed by atoms with Gasteiger partial charge in [-0.2, -0.15) is 0 Å². The highest BCUT2D eigenvalue weighted by atomic mass is 35.5.